The van der Waals surface area contributed by atoms with Crippen molar-refractivity contribution < 1.29 is 31.7 Å². The Labute approximate surface area is 126 Å². The number of oxime groups is 1. The number of hydrogen-bond acceptors (Lipinski definition) is 6. The summed E-state index contributed by atoms with van der Waals surface area (Å²) in [6.45, 7) is 0. The van der Waals surface area contributed by atoms with Gasteiger partial charge in [-0.1, -0.05) is 10.3 Å². The Bertz CT molecular complexity index is 757. The summed E-state index contributed by atoms with van der Waals surface area (Å²) in [6.07, 6.45) is -5.56. The van der Waals surface area contributed by atoms with Crippen molar-refractivity contribution in [2.75, 3.05) is 7.11 Å². The van der Waals surface area contributed by atoms with Crippen LogP contribution in [0.5, 0.6) is 5.75 Å². The fourth-order valence-corrected chi connectivity index (χ4v) is 2.01. The molecular formula is C13H9F4N3O3. The lowest BCUT2D eigenvalue weighted by molar-refractivity contribution is -0.159. The monoisotopic (exact) mass is 331 g/mol. The Kier molecular flexibility index (Phi) is 3.66. The molecule has 1 atom stereocenters. The van der Waals surface area contributed by atoms with Gasteiger partial charge in [0.25, 0.3) is 0 Å². The number of hydrogen-bond donors (Lipinski definition) is 0. The van der Waals surface area contributed by atoms with Crippen molar-refractivity contribution in [1.29, 1.82) is 0 Å². The number of methoxy groups -OCH3 is 1. The van der Waals surface area contributed by atoms with Gasteiger partial charge in [0.1, 0.15) is 0 Å². The molecule has 0 amide bonds. The first kappa shape index (κ1) is 15.3. The van der Waals surface area contributed by atoms with E-state index in [0.717, 1.165) is 0 Å². The van der Waals surface area contributed by atoms with Crippen LogP contribution in [0, 0.1) is 5.82 Å². The number of halogens is 4. The predicted octanol–water partition coefficient (Wildman–Crippen LogP) is 3.10. The first-order chi connectivity index (χ1) is 10.9. The Balaban J connectivity index is 1.75. The van der Waals surface area contributed by atoms with Crippen molar-refractivity contribution in [2.45, 2.75) is 18.7 Å². The van der Waals surface area contributed by atoms with Gasteiger partial charge >= 0.3 is 12.1 Å². The van der Waals surface area contributed by atoms with Crippen LogP contribution >= 0.6 is 0 Å². The molecule has 0 fully saturated rings. The Morgan fingerprint density at radius 3 is 2.70 bits per heavy atom. The van der Waals surface area contributed by atoms with Gasteiger partial charge in [0, 0.05) is 12.0 Å². The molecule has 0 saturated carbocycles. The summed E-state index contributed by atoms with van der Waals surface area (Å²) in [5, 5.41) is 6.98. The van der Waals surface area contributed by atoms with Crippen LogP contribution < -0.4 is 4.74 Å². The summed E-state index contributed by atoms with van der Waals surface area (Å²) in [6, 6.07) is 4.17. The van der Waals surface area contributed by atoms with Gasteiger partial charge in [-0.2, -0.15) is 18.2 Å². The SMILES string of the molecule is COc1ccc(C2=NOC(c3noc(C(F)(F)F)n3)C2)cc1F. The minimum atomic E-state index is -4.73. The van der Waals surface area contributed by atoms with Gasteiger partial charge in [0.2, 0.25) is 5.82 Å². The Hall–Kier alpha value is -2.65. The summed E-state index contributed by atoms with van der Waals surface area (Å²) in [4.78, 5) is 8.25. The second kappa shape index (κ2) is 5.52. The van der Waals surface area contributed by atoms with E-state index in [-0.39, 0.29) is 18.0 Å². The quantitative estimate of drug-likeness (QED) is 0.808. The van der Waals surface area contributed by atoms with Gasteiger partial charge in [0.15, 0.2) is 17.7 Å². The van der Waals surface area contributed by atoms with E-state index >= 15 is 0 Å². The van der Waals surface area contributed by atoms with Crippen LogP contribution in [0.4, 0.5) is 17.6 Å². The maximum Gasteiger partial charge on any atom is 0.471 e. The van der Waals surface area contributed by atoms with Crippen LogP contribution in [0.25, 0.3) is 0 Å². The molecule has 10 heteroatoms. The Morgan fingerprint density at radius 1 is 1.30 bits per heavy atom. The van der Waals surface area contributed by atoms with Crippen molar-refractivity contribution in [2.24, 2.45) is 5.16 Å². The smallest absolute Gasteiger partial charge is 0.471 e. The molecule has 0 bridgehead atoms. The number of nitrogens with zero attached hydrogens (tertiary/aromatic N) is 3. The van der Waals surface area contributed by atoms with Crippen molar-refractivity contribution in [1.82, 2.24) is 10.1 Å². The van der Waals surface area contributed by atoms with E-state index in [1.54, 1.807) is 6.07 Å². The number of rotatable bonds is 3. The second-order valence-corrected chi connectivity index (χ2v) is 4.64. The van der Waals surface area contributed by atoms with E-state index < -0.39 is 24.0 Å². The zero-order valence-electron chi connectivity index (χ0n) is 11.6. The van der Waals surface area contributed by atoms with Crippen molar-refractivity contribution >= 4 is 5.71 Å². The van der Waals surface area contributed by atoms with E-state index in [0.29, 0.717) is 11.3 Å². The molecule has 1 aromatic heterocycles. The topological polar surface area (TPSA) is 69.7 Å². The van der Waals surface area contributed by atoms with Crippen LogP contribution in [-0.4, -0.2) is 23.0 Å². The molecule has 0 N–H and O–H groups in total. The van der Waals surface area contributed by atoms with Crippen molar-refractivity contribution in [3.05, 3.63) is 41.3 Å². The molecule has 2 aromatic rings. The normalized spacial score (nSPS) is 17.8. The average molecular weight is 331 g/mol. The standard InChI is InChI=1S/C13H9F4N3O3/c1-21-9-3-2-6(4-7(9)14)8-5-10(22-19-8)11-18-12(23-20-11)13(15,16)17/h2-4,10H,5H2,1H3. The highest BCUT2D eigenvalue weighted by atomic mass is 19.4. The summed E-state index contributed by atoms with van der Waals surface area (Å²) >= 11 is 0. The van der Waals surface area contributed by atoms with Gasteiger partial charge in [-0.3, -0.25) is 0 Å². The second-order valence-electron chi connectivity index (χ2n) is 4.64. The molecule has 1 aromatic carbocycles. The number of benzene rings is 1. The van der Waals surface area contributed by atoms with Crippen molar-refractivity contribution in [3.63, 3.8) is 0 Å². The maximum atomic E-state index is 13.7. The van der Waals surface area contributed by atoms with E-state index in [1.807, 2.05) is 0 Å². The van der Waals surface area contributed by atoms with E-state index in [4.69, 9.17) is 9.57 Å². The highest BCUT2D eigenvalue weighted by Gasteiger charge is 2.40. The molecular weight excluding hydrogens is 322 g/mol. The molecule has 0 spiro atoms. The molecule has 122 valence electrons. The molecule has 3 rings (SSSR count). The van der Waals surface area contributed by atoms with Crippen LogP contribution in [0.15, 0.2) is 27.9 Å². The number of alkyl halides is 3. The van der Waals surface area contributed by atoms with Gasteiger partial charge in [-0.15, -0.1) is 0 Å². The third kappa shape index (κ3) is 2.96. The largest absolute Gasteiger partial charge is 0.494 e. The molecule has 0 aliphatic carbocycles. The summed E-state index contributed by atoms with van der Waals surface area (Å²) in [5.41, 5.74) is 0.778. The van der Waals surface area contributed by atoms with E-state index in [9.17, 15) is 17.6 Å². The zero-order valence-corrected chi connectivity index (χ0v) is 11.6. The summed E-state index contributed by atoms with van der Waals surface area (Å²) in [7, 11) is 1.33. The fraction of sp³-hybridized carbons (Fsp3) is 0.308. The van der Waals surface area contributed by atoms with Gasteiger partial charge < -0.3 is 14.1 Å². The average Bonchev–Trinajstić information content (AvgIpc) is 3.15. The van der Waals surface area contributed by atoms with Gasteiger partial charge in [-0.05, 0) is 18.2 Å². The van der Waals surface area contributed by atoms with E-state index in [2.05, 4.69) is 19.8 Å². The molecule has 0 saturated heterocycles. The summed E-state index contributed by atoms with van der Waals surface area (Å²) in [5.74, 6) is -2.25. The number of aromatic nitrogens is 2. The predicted molar refractivity (Wildman–Crippen MR) is 67.2 cm³/mol. The molecule has 1 unspecified atom stereocenters. The molecule has 1 aliphatic heterocycles. The molecule has 2 heterocycles. The first-order valence-corrected chi connectivity index (χ1v) is 6.36. The lowest BCUT2D eigenvalue weighted by Gasteiger charge is -2.04. The van der Waals surface area contributed by atoms with Crippen LogP contribution in [0.3, 0.4) is 0 Å². The summed E-state index contributed by atoms with van der Waals surface area (Å²) < 4.78 is 59.9. The van der Waals surface area contributed by atoms with Crippen LogP contribution in [0.1, 0.15) is 29.8 Å². The van der Waals surface area contributed by atoms with Gasteiger partial charge in [-0.25, -0.2) is 4.39 Å². The maximum absolute atomic E-state index is 13.7. The fourth-order valence-electron chi connectivity index (χ4n) is 2.01. The lowest BCUT2D eigenvalue weighted by Crippen LogP contribution is -2.07. The highest BCUT2D eigenvalue weighted by molar-refractivity contribution is 6.01. The first-order valence-electron chi connectivity index (χ1n) is 6.36. The lowest BCUT2D eigenvalue weighted by atomic mass is 10.0. The van der Waals surface area contributed by atoms with Gasteiger partial charge in [0.05, 0.1) is 12.8 Å². The molecule has 6 nitrogen and oxygen atoms in total. The Morgan fingerprint density at radius 2 is 2.09 bits per heavy atom. The third-order valence-electron chi connectivity index (χ3n) is 3.13. The van der Waals surface area contributed by atoms with Crippen LogP contribution in [0.2, 0.25) is 0 Å². The minimum Gasteiger partial charge on any atom is -0.494 e. The third-order valence-corrected chi connectivity index (χ3v) is 3.13. The molecule has 0 radical (unpaired) electrons. The molecule has 23 heavy (non-hydrogen) atoms. The zero-order chi connectivity index (χ0) is 16.6. The highest BCUT2D eigenvalue weighted by Crippen LogP contribution is 2.32. The minimum absolute atomic E-state index is 0.0674. The number of ether oxygens (including phenoxy) is 1. The van der Waals surface area contributed by atoms with E-state index in [1.165, 1.54) is 19.2 Å². The molecule has 1 aliphatic rings. The van der Waals surface area contributed by atoms with Crippen LogP contribution in [-0.2, 0) is 11.0 Å². The van der Waals surface area contributed by atoms with Crippen molar-refractivity contribution in [3.8, 4) is 5.75 Å².